The number of alkyl halides is 3. The minimum Gasteiger partial charge on any atom is -0.383 e. The molecule has 2 amide bonds. The smallest absolute Gasteiger partial charge is 0.383 e. The van der Waals surface area contributed by atoms with Crippen LogP contribution in [0.5, 0.6) is 0 Å². The zero-order valence-electron chi connectivity index (χ0n) is 13.7. The number of hydrogen-bond donors (Lipinski definition) is 2. The van der Waals surface area contributed by atoms with Gasteiger partial charge in [0.2, 0.25) is 11.8 Å². The molecule has 0 aliphatic carbocycles. The molecule has 140 valence electrons. The molecule has 0 bridgehead atoms. The lowest BCUT2D eigenvalue weighted by molar-refractivity contribution is -0.137. The number of rotatable bonds is 8. The predicted octanol–water partition coefficient (Wildman–Crippen LogP) is 1.99. The minimum absolute atomic E-state index is 0.0201. The second-order valence-corrected chi connectivity index (χ2v) is 5.57. The summed E-state index contributed by atoms with van der Waals surface area (Å²) in [5.74, 6) is -0.957. The first-order chi connectivity index (χ1) is 11.6. The van der Waals surface area contributed by atoms with Crippen molar-refractivity contribution in [3.8, 4) is 0 Å². The fourth-order valence-corrected chi connectivity index (χ4v) is 2.05. The van der Waals surface area contributed by atoms with Crippen LogP contribution in [0.1, 0.15) is 5.56 Å². The van der Waals surface area contributed by atoms with Crippen molar-refractivity contribution in [2.45, 2.75) is 6.18 Å². The first-order valence-electron chi connectivity index (χ1n) is 7.25. The van der Waals surface area contributed by atoms with Crippen LogP contribution in [0.15, 0.2) is 18.2 Å². The Morgan fingerprint density at radius 3 is 2.60 bits per heavy atom. The number of ether oxygens (including phenoxy) is 1. The number of carbonyl (C=O) groups is 2. The third-order valence-corrected chi connectivity index (χ3v) is 3.45. The van der Waals surface area contributed by atoms with Gasteiger partial charge in [0.1, 0.15) is 0 Å². The quantitative estimate of drug-likeness (QED) is 0.676. The molecule has 0 saturated carbocycles. The Hall–Kier alpha value is -1.84. The van der Waals surface area contributed by atoms with Gasteiger partial charge >= 0.3 is 6.18 Å². The van der Waals surface area contributed by atoms with Crippen LogP contribution in [0.25, 0.3) is 0 Å². The summed E-state index contributed by atoms with van der Waals surface area (Å²) in [4.78, 5) is 24.9. The molecule has 2 N–H and O–H groups in total. The van der Waals surface area contributed by atoms with E-state index in [0.29, 0.717) is 13.2 Å². The van der Waals surface area contributed by atoms with E-state index in [2.05, 4.69) is 10.6 Å². The van der Waals surface area contributed by atoms with Gasteiger partial charge in [-0.1, -0.05) is 11.6 Å². The average molecular weight is 382 g/mol. The molecule has 0 saturated heterocycles. The Morgan fingerprint density at radius 1 is 1.32 bits per heavy atom. The molecule has 0 atom stereocenters. The molecular weight excluding hydrogens is 363 g/mol. The maximum absolute atomic E-state index is 12.8. The molecule has 6 nitrogen and oxygen atoms in total. The number of nitrogens with zero attached hydrogens (tertiary/aromatic N) is 1. The molecule has 1 aromatic carbocycles. The number of benzene rings is 1. The third-order valence-electron chi connectivity index (χ3n) is 3.12. The highest BCUT2D eigenvalue weighted by Gasteiger charge is 2.33. The monoisotopic (exact) mass is 381 g/mol. The number of halogens is 4. The highest BCUT2D eigenvalue weighted by atomic mass is 35.5. The van der Waals surface area contributed by atoms with E-state index < -0.39 is 22.7 Å². The Bertz CT molecular complexity index is 611. The van der Waals surface area contributed by atoms with Crippen LogP contribution in [0.3, 0.4) is 0 Å². The van der Waals surface area contributed by atoms with Crippen molar-refractivity contribution >= 4 is 29.1 Å². The van der Waals surface area contributed by atoms with Crippen LogP contribution in [-0.2, 0) is 20.5 Å². The third kappa shape index (κ3) is 7.29. The molecule has 0 spiro atoms. The standard InChI is InChI=1S/C15H19ClF3N3O3/c1-22(14(24)8-20-5-6-25-2)9-13(23)21-10-3-4-12(16)11(7-10)15(17,18)19/h3-4,7,20H,5-6,8-9H2,1-2H3,(H,21,23). The molecule has 0 aromatic heterocycles. The Balaban J connectivity index is 2.58. The van der Waals surface area contributed by atoms with Gasteiger partial charge in [-0.25, -0.2) is 0 Å². The van der Waals surface area contributed by atoms with Crippen molar-refractivity contribution in [3.05, 3.63) is 28.8 Å². The van der Waals surface area contributed by atoms with Crippen molar-refractivity contribution < 1.29 is 27.5 Å². The van der Waals surface area contributed by atoms with Gasteiger partial charge in [0.25, 0.3) is 0 Å². The Kier molecular flexibility index (Phi) is 8.14. The number of nitrogens with one attached hydrogen (secondary N) is 2. The molecule has 1 aromatic rings. The lowest BCUT2D eigenvalue weighted by Gasteiger charge is -2.17. The summed E-state index contributed by atoms with van der Waals surface area (Å²) in [6.45, 7) is 0.643. The van der Waals surface area contributed by atoms with E-state index in [-0.39, 0.29) is 24.7 Å². The molecule has 25 heavy (non-hydrogen) atoms. The van der Waals surface area contributed by atoms with Crippen molar-refractivity contribution in [1.82, 2.24) is 10.2 Å². The van der Waals surface area contributed by atoms with E-state index in [4.69, 9.17) is 16.3 Å². The number of methoxy groups -OCH3 is 1. The van der Waals surface area contributed by atoms with Gasteiger partial charge in [0, 0.05) is 26.4 Å². The molecule has 1 rings (SSSR count). The van der Waals surface area contributed by atoms with Gasteiger partial charge in [-0.3, -0.25) is 9.59 Å². The van der Waals surface area contributed by atoms with Gasteiger partial charge < -0.3 is 20.3 Å². The van der Waals surface area contributed by atoms with Gasteiger partial charge in [0.15, 0.2) is 0 Å². The zero-order chi connectivity index (χ0) is 19.0. The van der Waals surface area contributed by atoms with E-state index >= 15 is 0 Å². The summed E-state index contributed by atoms with van der Waals surface area (Å²) in [7, 11) is 2.95. The first kappa shape index (κ1) is 21.2. The minimum atomic E-state index is -4.63. The largest absolute Gasteiger partial charge is 0.417 e. The zero-order valence-corrected chi connectivity index (χ0v) is 14.5. The summed E-state index contributed by atoms with van der Waals surface area (Å²) >= 11 is 5.51. The van der Waals surface area contributed by atoms with Gasteiger partial charge in [-0.2, -0.15) is 13.2 Å². The van der Waals surface area contributed by atoms with E-state index in [1.807, 2.05) is 0 Å². The van der Waals surface area contributed by atoms with Crippen molar-refractivity contribution in [1.29, 1.82) is 0 Å². The fraction of sp³-hybridized carbons (Fsp3) is 0.467. The fourth-order valence-electron chi connectivity index (χ4n) is 1.83. The summed E-state index contributed by atoms with van der Waals surface area (Å²) in [6, 6.07) is 3.05. The number of carbonyl (C=O) groups excluding carboxylic acids is 2. The van der Waals surface area contributed by atoms with Gasteiger partial charge in [0.05, 0.1) is 30.3 Å². The maximum atomic E-state index is 12.8. The van der Waals surface area contributed by atoms with Crippen LogP contribution in [0.2, 0.25) is 5.02 Å². The van der Waals surface area contributed by atoms with Gasteiger partial charge in [-0.15, -0.1) is 0 Å². The van der Waals surface area contributed by atoms with Crippen molar-refractivity contribution in [2.24, 2.45) is 0 Å². The highest BCUT2D eigenvalue weighted by Crippen LogP contribution is 2.36. The molecular formula is C15H19ClF3N3O3. The summed E-state index contributed by atoms with van der Waals surface area (Å²) in [5, 5.41) is 4.69. The topological polar surface area (TPSA) is 70.7 Å². The second kappa shape index (κ2) is 9.59. The molecule has 10 heteroatoms. The van der Waals surface area contributed by atoms with Crippen LogP contribution in [0.4, 0.5) is 18.9 Å². The molecule has 0 aliphatic heterocycles. The molecule has 0 radical (unpaired) electrons. The average Bonchev–Trinajstić information content (AvgIpc) is 2.52. The molecule has 0 fully saturated rings. The van der Waals surface area contributed by atoms with Crippen molar-refractivity contribution in [3.63, 3.8) is 0 Å². The van der Waals surface area contributed by atoms with Crippen molar-refractivity contribution in [2.75, 3.05) is 45.7 Å². The molecule has 0 aliphatic rings. The summed E-state index contributed by atoms with van der Waals surface area (Å²) < 4.78 is 43.2. The molecule has 0 heterocycles. The lowest BCUT2D eigenvalue weighted by Crippen LogP contribution is -2.40. The van der Waals surface area contributed by atoms with Crippen LogP contribution < -0.4 is 10.6 Å². The predicted molar refractivity (Wildman–Crippen MR) is 87.5 cm³/mol. The van der Waals surface area contributed by atoms with E-state index in [9.17, 15) is 22.8 Å². The Labute approximate surface area is 148 Å². The highest BCUT2D eigenvalue weighted by molar-refractivity contribution is 6.31. The van der Waals surface area contributed by atoms with Crippen LogP contribution >= 0.6 is 11.6 Å². The first-order valence-corrected chi connectivity index (χ1v) is 7.63. The normalized spacial score (nSPS) is 11.3. The Morgan fingerprint density at radius 2 is 2.00 bits per heavy atom. The van der Waals surface area contributed by atoms with E-state index in [1.165, 1.54) is 20.2 Å². The molecule has 0 unspecified atom stereocenters. The van der Waals surface area contributed by atoms with Crippen LogP contribution in [-0.4, -0.2) is 57.1 Å². The number of hydrogen-bond acceptors (Lipinski definition) is 4. The lowest BCUT2D eigenvalue weighted by atomic mass is 10.2. The number of amides is 2. The van der Waals surface area contributed by atoms with E-state index in [0.717, 1.165) is 17.0 Å². The summed E-state index contributed by atoms with van der Waals surface area (Å²) in [5.41, 5.74) is -1.10. The number of anilines is 1. The maximum Gasteiger partial charge on any atom is 0.417 e. The van der Waals surface area contributed by atoms with Crippen LogP contribution in [0, 0.1) is 0 Å². The number of likely N-dealkylation sites (N-methyl/N-ethyl adjacent to an activating group) is 1. The second-order valence-electron chi connectivity index (χ2n) is 5.16. The van der Waals surface area contributed by atoms with Gasteiger partial charge in [-0.05, 0) is 18.2 Å². The van der Waals surface area contributed by atoms with E-state index in [1.54, 1.807) is 0 Å². The summed E-state index contributed by atoms with van der Waals surface area (Å²) in [6.07, 6.45) is -4.63. The SMILES string of the molecule is COCCNCC(=O)N(C)CC(=O)Nc1ccc(Cl)c(C(F)(F)F)c1.